The van der Waals surface area contributed by atoms with Crippen molar-refractivity contribution in [2.24, 2.45) is 5.73 Å². The molecule has 0 radical (unpaired) electrons. The van der Waals surface area contributed by atoms with E-state index in [9.17, 15) is 4.79 Å². The minimum absolute atomic E-state index is 0.00992. The molecule has 0 bridgehead atoms. The molecule has 1 amide bonds. The lowest BCUT2D eigenvalue weighted by Crippen LogP contribution is -2.31. The summed E-state index contributed by atoms with van der Waals surface area (Å²) in [5.41, 5.74) is 4.65. The molecule has 60 valence electrons. The summed E-state index contributed by atoms with van der Waals surface area (Å²) in [6.07, 6.45) is 0. The van der Waals surface area contributed by atoms with Crippen LogP contribution in [0.15, 0.2) is 0 Å². The Hall–Kier alpha value is 0.160. The van der Waals surface area contributed by atoms with E-state index >= 15 is 0 Å². The van der Waals surface area contributed by atoms with Crippen molar-refractivity contribution in [3.8, 4) is 0 Å². The standard InChI is InChI=1S/C6H12INO2/c1-6(2,4-7)10-3-5(8)9/h3-4H2,1-2H3,(H2,8,9). The fourth-order valence-electron chi connectivity index (χ4n) is 0.305. The van der Waals surface area contributed by atoms with Gasteiger partial charge in [-0.2, -0.15) is 0 Å². The van der Waals surface area contributed by atoms with E-state index in [-0.39, 0.29) is 12.2 Å². The number of nitrogens with two attached hydrogens (primary N) is 1. The van der Waals surface area contributed by atoms with Crippen molar-refractivity contribution >= 4 is 28.5 Å². The van der Waals surface area contributed by atoms with Crippen LogP contribution in [0.25, 0.3) is 0 Å². The van der Waals surface area contributed by atoms with E-state index in [1.165, 1.54) is 0 Å². The lowest BCUT2D eigenvalue weighted by molar-refractivity contribution is -0.126. The Kier molecular flexibility index (Phi) is 4.19. The Balaban J connectivity index is 3.56. The molecule has 0 unspecified atom stereocenters. The quantitative estimate of drug-likeness (QED) is 0.595. The number of carbonyl (C=O) groups excluding carboxylic acids is 1. The van der Waals surface area contributed by atoms with Gasteiger partial charge in [0.15, 0.2) is 0 Å². The van der Waals surface area contributed by atoms with E-state index < -0.39 is 5.91 Å². The summed E-state index contributed by atoms with van der Waals surface area (Å²) in [5, 5.41) is 0. The van der Waals surface area contributed by atoms with E-state index in [2.05, 4.69) is 22.6 Å². The lowest BCUT2D eigenvalue weighted by Gasteiger charge is -2.21. The van der Waals surface area contributed by atoms with E-state index in [4.69, 9.17) is 10.5 Å². The van der Waals surface area contributed by atoms with Crippen LogP contribution in [-0.2, 0) is 9.53 Å². The molecule has 0 atom stereocenters. The van der Waals surface area contributed by atoms with E-state index in [1.54, 1.807) is 0 Å². The molecule has 0 fully saturated rings. The number of ether oxygens (including phenoxy) is 1. The monoisotopic (exact) mass is 257 g/mol. The first-order chi connectivity index (χ1) is 4.48. The van der Waals surface area contributed by atoms with Crippen molar-refractivity contribution in [3.05, 3.63) is 0 Å². The van der Waals surface area contributed by atoms with Crippen LogP contribution in [-0.4, -0.2) is 22.5 Å². The highest BCUT2D eigenvalue weighted by molar-refractivity contribution is 14.1. The third kappa shape index (κ3) is 4.99. The number of primary amides is 1. The van der Waals surface area contributed by atoms with Crippen molar-refractivity contribution < 1.29 is 9.53 Å². The van der Waals surface area contributed by atoms with Gasteiger partial charge in [-0.25, -0.2) is 0 Å². The molecule has 0 rings (SSSR count). The molecule has 0 aromatic heterocycles. The first-order valence-electron chi connectivity index (χ1n) is 2.96. The summed E-state index contributed by atoms with van der Waals surface area (Å²) in [6, 6.07) is 0. The van der Waals surface area contributed by atoms with E-state index in [0.29, 0.717) is 0 Å². The van der Waals surface area contributed by atoms with Crippen molar-refractivity contribution in [3.63, 3.8) is 0 Å². The van der Waals surface area contributed by atoms with Crippen molar-refractivity contribution in [1.82, 2.24) is 0 Å². The molecule has 10 heavy (non-hydrogen) atoms. The SMILES string of the molecule is CC(C)(CI)OCC(N)=O. The number of halogens is 1. The zero-order valence-electron chi connectivity index (χ0n) is 6.19. The molecule has 0 heterocycles. The minimum Gasteiger partial charge on any atom is -0.368 e. The number of carbonyl (C=O) groups is 1. The van der Waals surface area contributed by atoms with E-state index in [1.807, 2.05) is 13.8 Å². The van der Waals surface area contributed by atoms with Crippen LogP contribution in [0.5, 0.6) is 0 Å². The lowest BCUT2D eigenvalue weighted by atomic mass is 10.2. The van der Waals surface area contributed by atoms with Gasteiger partial charge in [-0.05, 0) is 13.8 Å². The Morgan fingerprint density at radius 2 is 2.20 bits per heavy atom. The molecule has 2 N–H and O–H groups in total. The molecular weight excluding hydrogens is 245 g/mol. The van der Waals surface area contributed by atoms with Crippen LogP contribution in [0.2, 0.25) is 0 Å². The highest BCUT2D eigenvalue weighted by Gasteiger charge is 2.16. The van der Waals surface area contributed by atoms with Crippen LogP contribution in [0, 0.1) is 0 Å². The predicted molar refractivity (Wildman–Crippen MR) is 48.1 cm³/mol. The summed E-state index contributed by atoms with van der Waals surface area (Å²) in [5.74, 6) is -0.419. The first-order valence-corrected chi connectivity index (χ1v) is 4.49. The van der Waals surface area contributed by atoms with Crippen LogP contribution in [0.4, 0.5) is 0 Å². The minimum atomic E-state index is -0.419. The maximum Gasteiger partial charge on any atom is 0.243 e. The maximum absolute atomic E-state index is 10.3. The molecule has 0 aromatic carbocycles. The summed E-state index contributed by atoms with van der Waals surface area (Å²) in [4.78, 5) is 10.3. The Labute approximate surface area is 74.4 Å². The average Bonchev–Trinajstić information content (AvgIpc) is 1.85. The predicted octanol–water partition coefficient (Wildman–Crippen LogP) is 0.702. The van der Waals surface area contributed by atoms with Crippen LogP contribution >= 0.6 is 22.6 Å². The second-order valence-electron chi connectivity index (χ2n) is 2.65. The molecule has 0 aromatic rings. The molecule has 4 heteroatoms. The Morgan fingerprint density at radius 3 is 2.50 bits per heavy atom. The van der Waals surface area contributed by atoms with Crippen molar-refractivity contribution in [2.45, 2.75) is 19.4 Å². The molecule has 0 aliphatic carbocycles. The Morgan fingerprint density at radius 1 is 1.70 bits per heavy atom. The molecular formula is C6H12INO2. The van der Waals surface area contributed by atoms with Gasteiger partial charge in [0.05, 0.1) is 5.60 Å². The van der Waals surface area contributed by atoms with Crippen LogP contribution in [0.3, 0.4) is 0 Å². The molecule has 0 aliphatic heterocycles. The third-order valence-electron chi connectivity index (χ3n) is 0.927. The zero-order valence-corrected chi connectivity index (χ0v) is 8.34. The molecule has 3 nitrogen and oxygen atoms in total. The fraction of sp³-hybridized carbons (Fsp3) is 0.833. The number of hydrogen-bond acceptors (Lipinski definition) is 2. The average molecular weight is 257 g/mol. The molecule has 0 aliphatic rings. The Bertz CT molecular complexity index is 125. The van der Waals surface area contributed by atoms with Gasteiger partial charge in [-0.15, -0.1) is 0 Å². The smallest absolute Gasteiger partial charge is 0.243 e. The number of alkyl halides is 1. The molecule has 0 saturated heterocycles. The van der Waals surface area contributed by atoms with Gasteiger partial charge in [0.2, 0.25) is 5.91 Å². The summed E-state index contributed by atoms with van der Waals surface area (Å²) < 4.78 is 6.00. The maximum atomic E-state index is 10.3. The summed E-state index contributed by atoms with van der Waals surface area (Å²) in [7, 11) is 0. The third-order valence-corrected chi connectivity index (χ3v) is 2.76. The zero-order chi connectivity index (χ0) is 8.20. The number of rotatable bonds is 4. The van der Waals surface area contributed by atoms with Crippen molar-refractivity contribution in [2.75, 3.05) is 11.0 Å². The van der Waals surface area contributed by atoms with Gasteiger partial charge in [0, 0.05) is 4.43 Å². The second-order valence-corrected chi connectivity index (χ2v) is 3.41. The van der Waals surface area contributed by atoms with Crippen LogP contribution in [0.1, 0.15) is 13.8 Å². The summed E-state index contributed by atoms with van der Waals surface area (Å²) in [6.45, 7) is 3.85. The van der Waals surface area contributed by atoms with Gasteiger partial charge < -0.3 is 10.5 Å². The molecule has 0 saturated carbocycles. The highest BCUT2D eigenvalue weighted by Crippen LogP contribution is 2.11. The molecule has 0 spiro atoms. The van der Waals surface area contributed by atoms with Gasteiger partial charge >= 0.3 is 0 Å². The normalized spacial score (nSPS) is 11.5. The van der Waals surface area contributed by atoms with Gasteiger partial charge in [0.25, 0.3) is 0 Å². The van der Waals surface area contributed by atoms with Gasteiger partial charge in [-0.1, -0.05) is 22.6 Å². The van der Waals surface area contributed by atoms with Crippen LogP contribution < -0.4 is 5.73 Å². The summed E-state index contributed by atoms with van der Waals surface area (Å²) >= 11 is 2.20. The van der Waals surface area contributed by atoms with Gasteiger partial charge in [-0.3, -0.25) is 4.79 Å². The van der Waals surface area contributed by atoms with Gasteiger partial charge in [0.1, 0.15) is 6.61 Å². The fourth-order valence-corrected chi connectivity index (χ4v) is 0.525. The largest absolute Gasteiger partial charge is 0.368 e. The highest BCUT2D eigenvalue weighted by atomic mass is 127. The topological polar surface area (TPSA) is 52.3 Å². The van der Waals surface area contributed by atoms with Crippen molar-refractivity contribution in [1.29, 1.82) is 0 Å². The second kappa shape index (κ2) is 4.12. The number of amides is 1. The first kappa shape index (κ1) is 10.2. The van der Waals surface area contributed by atoms with E-state index in [0.717, 1.165) is 4.43 Å². The number of hydrogen-bond donors (Lipinski definition) is 1.